The molecule has 0 aliphatic heterocycles. The van der Waals surface area contributed by atoms with Gasteiger partial charge in [0.15, 0.2) is 6.10 Å². The quantitative estimate of drug-likeness (QED) is 0.597. The molecule has 0 spiro atoms. The Labute approximate surface area is 168 Å². The summed E-state index contributed by atoms with van der Waals surface area (Å²) >= 11 is 0. The third-order valence-corrected chi connectivity index (χ3v) is 4.10. The van der Waals surface area contributed by atoms with Crippen LogP contribution in [0.2, 0.25) is 0 Å². The number of hydrogen-bond acceptors (Lipinski definition) is 4. The fraction of sp³-hybridized carbons (Fsp3) is 0.130. The van der Waals surface area contributed by atoms with Gasteiger partial charge in [0.25, 0.3) is 5.91 Å². The van der Waals surface area contributed by atoms with Crippen molar-refractivity contribution >= 4 is 17.6 Å². The summed E-state index contributed by atoms with van der Waals surface area (Å²) in [4.78, 5) is 24.3. The summed E-state index contributed by atoms with van der Waals surface area (Å²) in [5, 5.41) is 2.68. The van der Waals surface area contributed by atoms with Gasteiger partial charge >= 0.3 is 5.97 Å². The highest BCUT2D eigenvalue weighted by Crippen LogP contribution is 2.17. The van der Waals surface area contributed by atoms with E-state index in [0.717, 1.165) is 17.7 Å². The Kier molecular flexibility index (Phi) is 6.58. The van der Waals surface area contributed by atoms with Crippen molar-refractivity contribution in [1.29, 1.82) is 0 Å². The number of nitrogens with one attached hydrogen (secondary N) is 1. The number of hydrogen-bond donors (Lipinski definition) is 1. The van der Waals surface area contributed by atoms with Gasteiger partial charge in [-0.25, -0.2) is 9.18 Å². The van der Waals surface area contributed by atoms with Gasteiger partial charge in [0, 0.05) is 5.69 Å². The predicted octanol–water partition coefficient (Wildman–Crippen LogP) is 4.59. The molecule has 0 heterocycles. The Morgan fingerprint density at radius 3 is 2.24 bits per heavy atom. The fourth-order valence-electron chi connectivity index (χ4n) is 2.49. The average Bonchev–Trinajstić information content (AvgIpc) is 2.74. The van der Waals surface area contributed by atoms with E-state index in [0.29, 0.717) is 18.0 Å². The largest absolute Gasteiger partial charge is 0.489 e. The zero-order valence-corrected chi connectivity index (χ0v) is 15.8. The van der Waals surface area contributed by atoms with E-state index >= 15 is 0 Å². The Bertz CT molecular complexity index is 956. The van der Waals surface area contributed by atoms with Crippen molar-refractivity contribution in [3.8, 4) is 5.75 Å². The van der Waals surface area contributed by atoms with Crippen LogP contribution >= 0.6 is 0 Å². The molecular weight excluding hydrogens is 373 g/mol. The van der Waals surface area contributed by atoms with Crippen LogP contribution in [0, 0.1) is 5.82 Å². The lowest BCUT2D eigenvalue weighted by atomic mass is 10.2. The van der Waals surface area contributed by atoms with Gasteiger partial charge in [-0.05, 0) is 61.0 Å². The van der Waals surface area contributed by atoms with E-state index in [2.05, 4.69) is 5.32 Å². The SMILES string of the molecule is C[C@@H](OC(=O)c1ccc(F)cc1)C(=O)Nc1ccc(OCc2ccccc2)cc1. The molecule has 0 unspecified atom stereocenters. The smallest absolute Gasteiger partial charge is 0.338 e. The molecule has 3 rings (SSSR count). The van der Waals surface area contributed by atoms with Crippen molar-refractivity contribution in [3.05, 3.63) is 95.8 Å². The minimum absolute atomic E-state index is 0.172. The summed E-state index contributed by atoms with van der Waals surface area (Å²) < 4.78 is 23.7. The lowest BCUT2D eigenvalue weighted by Crippen LogP contribution is -2.30. The lowest BCUT2D eigenvalue weighted by molar-refractivity contribution is -0.123. The van der Waals surface area contributed by atoms with Crippen LogP contribution in [-0.2, 0) is 16.1 Å². The second-order valence-electron chi connectivity index (χ2n) is 6.34. The van der Waals surface area contributed by atoms with Gasteiger partial charge in [0.05, 0.1) is 5.56 Å². The maximum Gasteiger partial charge on any atom is 0.338 e. The number of anilines is 1. The monoisotopic (exact) mass is 393 g/mol. The molecule has 0 aromatic heterocycles. The minimum Gasteiger partial charge on any atom is -0.489 e. The summed E-state index contributed by atoms with van der Waals surface area (Å²) in [5.74, 6) is -0.957. The van der Waals surface area contributed by atoms with E-state index in [4.69, 9.17) is 9.47 Å². The van der Waals surface area contributed by atoms with Gasteiger partial charge in [0.2, 0.25) is 0 Å². The molecule has 3 aromatic carbocycles. The molecule has 5 nitrogen and oxygen atoms in total. The van der Waals surface area contributed by atoms with Crippen molar-refractivity contribution in [3.63, 3.8) is 0 Å². The number of ether oxygens (including phenoxy) is 2. The number of esters is 1. The maximum absolute atomic E-state index is 12.9. The minimum atomic E-state index is -1.01. The topological polar surface area (TPSA) is 64.6 Å². The Hall–Kier alpha value is -3.67. The summed E-state index contributed by atoms with van der Waals surface area (Å²) in [7, 11) is 0. The van der Waals surface area contributed by atoms with Gasteiger partial charge in [-0.1, -0.05) is 30.3 Å². The van der Waals surface area contributed by atoms with Crippen LogP contribution < -0.4 is 10.1 Å². The van der Waals surface area contributed by atoms with Gasteiger partial charge in [-0.15, -0.1) is 0 Å². The normalized spacial score (nSPS) is 11.4. The molecule has 0 fully saturated rings. The zero-order valence-electron chi connectivity index (χ0n) is 15.8. The van der Waals surface area contributed by atoms with Crippen LogP contribution in [0.4, 0.5) is 10.1 Å². The number of benzene rings is 3. The first kappa shape index (κ1) is 20.1. The molecule has 1 atom stereocenters. The third kappa shape index (κ3) is 5.90. The van der Waals surface area contributed by atoms with Crippen LogP contribution in [-0.4, -0.2) is 18.0 Å². The summed E-state index contributed by atoms with van der Waals surface area (Å²) in [5.41, 5.74) is 1.78. The summed E-state index contributed by atoms with van der Waals surface area (Å²) in [6, 6.07) is 21.6. The molecular formula is C23H20FNO4. The molecule has 0 aliphatic carbocycles. The molecule has 0 saturated carbocycles. The maximum atomic E-state index is 12.9. The highest BCUT2D eigenvalue weighted by molar-refractivity contribution is 5.97. The highest BCUT2D eigenvalue weighted by Gasteiger charge is 2.19. The Morgan fingerprint density at radius 1 is 0.931 bits per heavy atom. The van der Waals surface area contributed by atoms with Gasteiger partial charge < -0.3 is 14.8 Å². The number of carbonyl (C=O) groups excluding carboxylic acids is 2. The molecule has 6 heteroatoms. The average molecular weight is 393 g/mol. The van der Waals surface area contributed by atoms with Crippen molar-refractivity contribution in [2.24, 2.45) is 0 Å². The van der Waals surface area contributed by atoms with Gasteiger partial charge in [-0.3, -0.25) is 4.79 Å². The van der Waals surface area contributed by atoms with Crippen molar-refractivity contribution in [2.45, 2.75) is 19.6 Å². The summed E-state index contributed by atoms with van der Waals surface area (Å²) in [6.45, 7) is 1.91. The first-order valence-corrected chi connectivity index (χ1v) is 9.05. The van der Waals surface area contributed by atoms with E-state index in [1.165, 1.54) is 19.1 Å². The van der Waals surface area contributed by atoms with E-state index in [1.54, 1.807) is 24.3 Å². The molecule has 0 radical (unpaired) electrons. The summed E-state index contributed by atoms with van der Waals surface area (Å²) in [6.07, 6.45) is -1.01. The van der Waals surface area contributed by atoms with E-state index in [1.807, 2.05) is 30.3 Å². The van der Waals surface area contributed by atoms with Crippen molar-refractivity contribution < 1.29 is 23.5 Å². The molecule has 1 N–H and O–H groups in total. The van der Waals surface area contributed by atoms with Crippen LogP contribution in [0.15, 0.2) is 78.9 Å². The molecule has 0 aliphatic rings. The van der Waals surface area contributed by atoms with E-state index < -0.39 is 23.8 Å². The third-order valence-electron chi connectivity index (χ3n) is 4.10. The van der Waals surface area contributed by atoms with Crippen LogP contribution in [0.25, 0.3) is 0 Å². The number of rotatable bonds is 7. The zero-order chi connectivity index (χ0) is 20.6. The first-order valence-electron chi connectivity index (χ1n) is 9.05. The fourth-order valence-corrected chi connectivity index (χ4v) is 2.49. The van der Waals surface area contributed by atoms with Gasteiger partial charge in [-0.2, -0.15) is 0 Å². The Balaban J connectivity index is 1.50. The van der Waals surface area contributed by atoms with Crippen molar-refractivity contribution in [1.82, 2.24) is 0 Å². The molecule has 0 saturated heterocycles. The molecule has 0 bridgehead atoms. The second-order valence-corrected chi connectivity index (χ2v) is 6.34. The predicted molar refractivity (Wildman–Crippen MR) is 107 cm³/mol. The van der Waals surface area contributed by atoms with Gasteiger partial charge in [0.1, 0.15) is 18.2 Å². The molecule has 3 aromatic rings. The first-order chi connectivity index (χ1) is 14.0. The molecule has 29 heavy (non-hydrogen) atoms. The number of halogens is 1. The standard InChI is InChI=1S/C23H20FNO4/c1-16(29-23(27)18-7-9-19(24)10-8-18)22(26)25-20-11-13-21(14-12-20)28-15-17-5-3-2-4-6-17/h2-14,16H,15H2,1H3,(H,25,26)/t16-/m1/s1. The van der Waals surface area contributed by atoms with E-state index in [-0.39, 0.29) is 5.56 Å². The lowest BCUT2D eigenvalue weighted by Gasteiger charge is -2.14. The number of amides is 1. The molecule has 1 amide bonds. The van der Waals surface area contributed by atoms with Crippen LogP contribution in [0.3, 0.4) is 0 Å². The highest BCUT2D eigenvalue weighted by atomic mass is 19.1. The number of carbonyl (C=O) groups is 2. The van der Waals surface area contributed by atoms with Crippen molar-refractivity contribution in [2.75, 3.05) is 5.32 Å². The van der Waals surface area contributed by atoms with Crippen LogP contribution in [0.5, 0.6) is 5.75 Å². The Morgan fingerprint density at radius 2 is 1.59 bits per heavy atom. The van der Waals surface area contributed by atoms with Crippen LogP contribution in [0.1, 0.15) is 22.8 Å². The van der Waals surface area contributed by atoms with E-state index in [9.17, 15) is 14.0 Å². The second kappa shape index (κ2) is 9.50. The molecule has 148 valence electrons.